The number of amides is 3. The third kappa shape index (κ3) is 7.98. The summed E-state index contributed by atoms with van der Waals surface area (Å²) in [7, 11) is 0. The molecule has 1 saturated heterocycles. The quantitative estimate of drug-likeness (QED) is 0.488. The zero-order valence-corrected chi connectivity index (χ0v) is 20.5. The van der Waals surface area contributed by atoms with Gasteiger partial charge in [0.05, 0.1) is 6.07 Å². The van der Waals surface area contributed by atoms with Gasteiger partial charge in [0.2, 0.25) is 17.7 Å². The van der Waals surface area contributed by atoms with Crippen molar-refractivity contribution in [3.63, 3.8) is 0 Å². The van der Waals surface area contributed by atoms with Crippen LogP contribution >= 0.6 is 0 Å². The Morgan fingerprint density at radius 3 is 2.34 bits per heavy atom. The van der Waals surface area contributed by atoms with Crippen molar-refractivity contribution in [2.45, 2.75) is 77.9 Å². The number of likely N-dealkylation sites (tertiary alicyclic amines) is 1. The van der Waals surface area contributed by atoms with Crippen LogP contribution in [0.2, 0.25) is 0 Å². The highest BCUT2D eigenvalue weighted by Crippen LogP contribution is 2.20. The third-order valence-corrected chi connectivity index (χ3v) is 6.07. The Bertz CT molecular complexity index is 979. The van der Waals surface area contributed by atoms with E-state index < -0.39 is 47.4 Å². The molecular formula is C25H33F3N4O3. The number of carbonyl (C=O) groups is 3. The lowest BCUT2D eigenvalue weighted by molar-refractivity contribution is -0.133. The van der Waals surface area contributed by atoms with E-state index in [1.165, 1.54) is 11.8 Å². The predicted molar refractivity (Wildman–Crippen MR) is 123 cm³/mol. The van der Waals surface area contributed by atoms with Crippen LogP contribution in [0.25, 0.3) is 0 Å². The number of halogens is 3. The molecule has 1 aliphatic heterocycles. The van der Waals surface area contributed by atoms with Gasteiger partial charge in [-0.25, -0.2) is 13.2 Å². The second kappa shape index (κ2) is 12.6. The van der Waals surface area contributed by atoms with Gasteiger partial charge in [0.1, 0.15) is 17.9 Å². The van der Waals surface area contributed by atoms with Crippen molar-refractivity contribution in [2.75, 3.05) is 6.54 Å². The van der Waals surface area contributed by atoms with E-state index in [4.69, 9.17) is 0 Å². The van der Waals surface area contributed by atoms with Crippen molar-refractivity contribution < 1.29 is 27.6 Å². The highest BCUT2D eigenvalue weighted by Gasteiger charge is 2.31. The number of carbonyl (C=O) groups excluding carboxylic acids is 3. The van der Waals surface area contributed by atoms with Crippen LogP contribution in [-0.4, -0.2) is 47.3 Å². The van der Waals surface area contributed by atoms with E-state index in [1.807, 2.05) is 13.8 Å². The van der Waals surface area contributed by atoms with Crippen LogP contribution in [0.3, 0.4) is 0 Å². The van der Waals surface area contributed by atoms with Gasteiger partial charge in [-0.2, -0.15) is 5.26 Å². The van der Waals surface area contributed by atoms with Gasteiger partial charge in [0.15, 0.2) is 11.6 Å². The summed E-state index contributed by atoms with van der Waals surface area (Å²) >= 11 is 0. The first kappa shape index (κ1) is 28.1. The number of nitrogens with zero attached hydrogens (tertiary/aromatic N) is 2. The maximum absolute atomic E-state index is 14.3. The lowest BCUT2D eigenvalue weighted by Gasteiger charge is -2.26. The van der Waals surface area contributed by atoms with Crippen molar-refractivity contribution in [3.8, 4) is 6.07 Å². The molecule has 0 spiro atoms. The molecule has 4 atom stereocenters. The minimum absolute atomic E-state index is 0.206. The molecule has 0 bridgehead atoms. The van der Waals surface area contributed by atoms with E-state index >= 15 is 0 Å². The zero-order chi connectivity index (χ0) is 26.3. The molecule has 3 amide bonds. The van der Waals surface area contributed by atoms with Gasteiger partial charge in [-0.3, -0.25) is 14.4 Å². The molecule has 0 aliphatic carbocycles. The molecule has 2 rings (SSSR count). The number of hydrogen-bond acceptors (Lipinski definition) is 4. The second-order valence-corrected chi connectivity index (χ2v) is 9.61. The summed E-state index contributed by atoms with van der Waals surface area (Å²) in [6.07, 6.45) is 1.29. The largest absolute Gasteiger partial charge is 0.351 e. The van der Waals surface area contributed by atoms with Gasteiger partial charge < -0.3 is 15.5 Å². The number of rotatable bonds is 10. The molecular weight excluding hydrogens is 461 g/mol. The van der Waals surface area contributed by atoms with Crippen LogP contribution in [0, 0.1) is 40.6 Å². The van der Waals surface area contributed by atoms with E-state index in [9.17, 15) is 32.8 Å². The summed E-state index contributed by atoms with van der Waals surface area (Å²) in [5, 5.41) is 14.5. The molecule has 35 heavy (non-hydrogen) atoms. The molecule has 1 aromatic carbocycles. The standard InChI is InChI=1S/C25H33F3N4O3/c1-14(2)8-15(3)24(34)30-16(4)25(35)31-18(9-17-10-21(27)22(28)12-20(17)26)11-23(33)32-7-5-6-19(32)13-29/h10,12,14-16,18-19H,5-9,11H2,1-4H3,(H,30,34)(H,31,35)/t15?,16?,18-,19?/m1/s1. The molecule has 0 saturated carbocycles. The van der Waals surface area contributed by atoms with E-state index in [0.717, 1.165) is 0 Å². The van der Waals surface area contributed by atoms with Gasteiger partial charge in [-0.05, 0) is 50.2 Å². The van der Waals surface area contributed by atoms with Crippen LogP contribution in [0.1, 0.15) is 58.9 Å². The van der Waals surface area contributed by atoms with Gasteiger partial charge in [-0.1, -0.05) is 20.8 Å². The maximum Gasteiger partial charge on any atom is 0.242 e. The maximum atomic E-state index is 14.3. The zero-order valence-electron chi connectivity index (χ0n) is 20.5. The molecule has 10 heteroatoms. The van der Waals surface area contributed by atoms with Crippen LogP contribution in [-0.2, 0) is 20.8 Å². The fourth-order valence-corrected chi connectivity index (χ4v) is 4.25. The second-order valence-electron chi connectivity index (χ2n) is 9.61. The Morgan fingerprint density at radius 1 is 1.06 bits per heavy atom. The first-order chi connectivity index (χ1) is 16.4. The number of nitrogens with one attached hydrogen (secondary N) is 2. The molecule has 192 valence electrons. The van der Waals surface area contributed by atoms with E-state index in [1.54, 1.807) is 6.92 Å². The summed E-state index contributed by atoms with van der Waals surface area (Å²) in [6.45, 7) is 7.59. The highest BCUT2D eigenvalue weighted by molar-refractivity contribution is 5.88. The Hall–Kier alpha value is -3.09. The first-order valence-corrected chi connectivity index (χ1v) is 11.9. The molecule has 1 aromatic rings. The first-order valence-electron chi connectivity index (χ1n) is 11.9. The molecule has 0 aromatic heterocycles. The van der Waals surface area contributed by atoms with E-state index in [-0.39, 0.29) is 30.2 Å². The number of hydrogen-bond donors (Lipinski definition) is 2. The Labute approximate surface area is 204 Å². The average molecular weight is 495 g/mol. The minimum atomic E-state index is -1.34. The van der Waals surface area contributed by atoms with Crippen LogP contribution < -0.4 is 10.6 Å². The minimum Gasteiger partial charge on any atom is -0.351 e. The number of nitriles is 1. The molecule has 2 N–H and O–H groups in total. The van der Waals surface area contributed by atoms with Crippen LogP contribution in [0.15, 0.2) is 12.1 Å². The van der Waals surface area contributed by atoms with Crippen molar-refractivity contribution >= 4 is 17.7 Å². The third-order valence-electron chi connectivity index (χ3n) is 6.07. The fourth-order valence-electron chi connectivity index (χ4n) is 4.25. The molecule has 1 fully saturated rings. The predicted octanol–water partition coefficient (Wildman–Crippen LogP) is 3.22. The van der Waals surface area contributed by atoms with E-state index in [2.05, 4.69) is 16.7 Å². The lowest BCUT2D eigenvalue weighted by atomic mass is 9.98. The van der Waals surface area contributed by atoms with Crippen LogP contribution in [0.5, 0.6) is 0 Å². The summed E-state index contributed by atoms with van der Waals surface area (Å²) in [5.41, 5.74) is -0.206. The van der Waals surface area contributed by atoms with Crippen LogP contribution in [0.4, 0.5) is 13.2 Å². The summed E-state index contributed by atoms with van der Waals surface area (Å²) in [5.74, 6) is -4.92. The topological polar surface area (TPSA) is 102 Å². The Balaban J connectivity index is 2.16. The van der Waals surface area contributed by atoms with Gasteiger partial charge in [-0.15, -0.1) is 0 Å². The molecule has 0 radical (unpaired) electrons. The fraction of sp³-hybridized carbons (Fsp3) is 0.600. The average Bonchev–Trinajstić information content (AvgIpc) is 3.25. The van der Waals surface area contributed by atoms with Crippen molar-refractivity contribution in [2.24, 2.45) is 11.8 Å². The smallest absolute Gasteiger partial charge is 0.242 e. The normalized spacial score (nSPS) is 18.0. The van der Waals surface area contributed by atoms with Crippen molar-refractivity contribution in [1.29, 1.82) is 5.26 Å². The summed E-state index contributed by atoms with van der Waals surface area (Å²) < 4.78 is 41.4. The van der Waals surface area contributed by atoms with Gasteiger partial charge in [0.25, 0.3) is 0 Å². The van der Waals surface area contributed by atoms with Crippen molar-refractivity contribution in [1.82, 2.24) is 15.5 Å². The SMILES string of the molecule is CC(C)CC(C)C(=O)NC(C)C(=O)N[C@@H](CC(=O)N1CCCC1C#N)Cc1cc(F)c(F)cc1F. The van der Waals surface area contributed by atoms with Gasteiger partial charge in [0, 0.05) is 31.0 Å². The lowest BCUT2D eigenvalue weighted by Crippen LogP contribution is -2.51. The Morgan fingerprint density at radius 2 is 1.71 bits per heavy atom. The van der Waals surface area contributed by atoms with Gasteiger partial charge >= 0.3 is 0 Å². The Kier molecular flexibility index (Phi) is 10.1. The molecule has 1 aliphatic rings. The molecule has 1 heterocycles. The number of benzene rings is 1. The molecule has 7 nitrogen and oxygen atoms in total. The molecule has 3 unspecified atom stereocenters. The summed E-state index contributed by atoms with van der Waals surface area (Å²) in [6, 6.07) is 0.677. The monoisotopic (exact) mass is 494 g/mol. The van der Waals surface area contributed by atoms with E-state index in [0.29, 0.717) is 43.9 Å². The summed E-state index contributed by atoms with van der Waals surface area (Å²) in [4.78, 5) is 39.5. The van der Waals surface area contributed by atoms with Crippen molar-refractivity contribution in [3.05, 3.63) is 35.1 Å². The highest BCUT2D eigenvalue weighted by atomic mass is 19.2.